The van der Waals surface area contributed by atoms with Crippen LogP contribution in [-0.2, 0) is 21.2 Å². The van der Waals surface area contributed by atoms with Gasteiger partial charge in [-0.15, -0.1) is 0 Å². The number of amides is 1. The smallest absolute Gasteiger partial charge is 0.239 e. The Morgan fingerprint density at radius 3 is 2.08 bits per heavy atom. The minimum Gasteiger partial charge on any atom is -0.313 e. The van der Waals surface area contributed by atoms with Crippen molar-refractivity contribution < 1.29 is 22.8 Å². The van der Waals surface area contributed by atoms with E-state index in [0.29, 0.717) is 27.2 Å². The molecule has 0 aliphatic heterocycles. The van der Waals surface area contributed by atoms with E-state index in [-0.39, 0.29) is 29.6 Å². The second-order valence-corrected chi connectivity index (χ2v) is 13.9. The summed E-state index contributed by atoms with van der Waals surface area (Å²) in [6, 6.07) is 10.3. The lowest BCUT2D eigenvalue weighted by molar-refractivity contribution is -0.127. The first-order valence-electron chi connectivity index (χ1n) is 12.4. The van der Waals surface area contributed by atoms with Crippen LogP contribution in [0.5, 0.6) is 0 Å². The largest absolute Gasteiger partial charge is 0.313 e. The number of aromatic nitrogens is 1. The van der Waals surface area contributed by atoms with Gasteiger partial charge in [-0.2, -0.15) is 0 Å². The Balaban J connectivity index is 2.41. The van der Waals surface area contributed by atoms with Crippen LogP contribution in [0.15, 0.2) is 42.6 Å². The molecule has 1 aromatic carbocycles. The first-order chi connectivity index (χ1) is 17.3. The Morgan fingerprint density at radius 1 is 1.00 bits per heavy atom. The maximum Gasteiger partial charge on any atom is 0.239 e. The van der Waals surface area contributed by atoms with Crippen molar-refractivity contribution in [3.05, 3.63) is 75.6 Å². The summed E-state index contributed by atoms with van der Waals surface area (Å²) in [5.74, 6) is -1.07. The molecule has 1 N–H and O–H groups in total. The molecule has 0 aliphatic carbocycles. The fourth-order valence-corrected chi connectivity index (χ4v) is 5.03. The summed E-state index contributed by atoms with van der Waals surface area (Å²) >= 11 is 6.05. The lowest BCUT2D eigenvalue weighted by atomic mass is 9.79. The fraction of sp³-hybridized carbons (Fsp3) is 0.414. The normalized spacial score (nSPS) is 12.7. The van der Waals surface area contributed by atoms with E-state index in [2.05, 4.69) is 0 Å². The van der Waals surface area contributed by atoms with Crippen LogP contribution in [0.4, 0.5) is 0 Å². The van der Waals surface area contributed by atoms with Crippen LogP contribution >= 0.6 is 11.6 Å². The van der Waals surface area contributed by atoms with E-state index in [9.17, 15) is 22.8 Å². The number of hydrogen-bond acceptors (Lipinski definition) is 5. The van der Waals surface area contributed by atoms with Gasteiger partial charge < -0.3 is 4.40 Å². The van der Waals surface area contributed by atoms with Crippen molar-refractivity contribution in [2.24, 2.45) is 10.8 Å². The van der Waals surface area contributed by atoms with Crippen LogP contribution < -0.4 is 4.72 Å². The summed E-state index contributed by atoms with van der Waals surface area (Å²) in [5, 5.41) is 0.477. The number of pyridine rings is 1. The summed E-state index contributed by atoms with van der Waals surface area (Å²) in [7, 11) is -3.81. The number of halogens is 1. The molecule has 0 fully saturated rings. The van der Waals surface area contributed by atoms with Crippen molar-refractivity contribution in [2.75, 3.05) is 6.26 Å². The molecule has 2 heterocycles. The maximum atomic E-state index is 14.0. The lowest BCUT2D eigenvalue weighted by Crippen LogP contribution is -2.41. The van der Waals surface area contributed by atoms with Crippen LogP contribution in [0, 0.1) is 10.8 Å². The Labute approximate surface area is 229 Å². The molecular formula is C29H35ClN2O5S. The summed E-state index contributed by atoms with van der Waals surface area (Å²) in [4.78, 5) is 41.0. The number of rotatable bonds is 8. The number of carbonyl (C=O) groups is 3. The van der Waals surface area contributed by atoms with Crippen LogP contribution in [0.2, 0.25) is 5.02 Å². The van der Waals surface area contributed by atoms with Gasteiger partial charge in [0.15, 0.2) is 5.78 Å². The van der Waals surface area contributed by atoms with Gasteiger partial charge in [0.25, 0.3) is 0 Å². The molecule has 3 aromatic rings. The number of sulfonamides is 1. The standard InChI is InChI=1S/C29H35ClN2O5S/c1-17(2)19-13-14-32-22(15-19)23(26(34)28(3,4)5)21(16-29(6,7)27(35)31-38(8,36)37)24(32)25(33)18-9-11-20(30)12-10-18/h9-15,17H,16H2,1-8H3,(H,31,35). The van der Waals surface area contributed by atoms with Crippen molar-refractivity contribution in [2.45, 2.75) is 60.8 Å². The van der Waals surface area contributed by atoms with E-state index >= 15 is 0 Å². The van der Waals surface area contributed by atoms with Gasteiger partial charge in [0, 0.05) is 33.2 Å². The minimum atomic E-state index is -3.81. The topological polar surface area (TPSA) is 102 Å². The highest BCUT2D eigenvalue weighted by molar-refractivity contribution is 7.89. The zero-order valence-electron chi connectivity index (χ0n) is 23.1. The zero-order chi connectivity index (χ0) is 28.8. The van der Waals surface area contributed by atoms with Crippen LogP contribution in [0.3, 0.4) is 0 Å². The lowest BCUT2D eigenvalue weighted by Gasteiger charge is -2.25. The van der Waals surface area contributed by atoms with Gasteiger partial charge in [0.2, 0.25) is 21.7 Å². The van der Waals surface area contributed by atoms with Gasteiger partial charge in [-0.25, -0.2) is 8.42 Å². The molecule has 1 amide bonds. The molecule has 0 saturated carbocycles. The SMILES string of the molecule is CC(C)c1ccn2c(C(=O)c3ccc(Cl)cc3)c(CC(C)(C)C(=O)NS(C)(=O)=O)c(C(=O)C(C)(C)C)c2c1. The molecule has 38 heavy (non-hydrogen) atoms. The number of nitrogens with zero attached hydrogens (tertiary/aromatic N) is 1. The van der Waals surface area contributed by atoms with E-state index < -0.39 is 26.8 Å². The number of fused-ring (bicyclic) bond motifs is 1. The van der Waals surface area contributed by atoms with E-state index in [4.69, 9.17) is 11.6 Å². The van der Waals surface area contributed by atoms with Gasteiger partial charge in [0.05, 0.1) is 17.5 Å². The second-order valence-electron chi connectivity index (χ2n) is 11.8. The van der Waals surface area contributed by atoms with E-state index in [0.717, 1.165) is 11.8 Å². The number of benzene rings is 1. The van der Waals surface area contributed by atoms with Gasteiger partial charge in [-0.05, 0) is 59.9 Å². The van der Waals surface area contributed by atoms with Crippen LogP contribution in [0.1, 0.15) is 91.9 Å². The number of Topliss-reactive ketones (excluding diaryl/α,β-unsaturated/α-hetero) is 1. The minimum absolute atomic E-state index is 0.0428. The average Bonchev–Trinajstić information content (AvgIpc) is 3.08. The number of hydrogen-bond donors (Lipinski definition) is 1. The summed E-state index contributed by atoms with van der Waals surface area (Å²) in [5.41, 5.74) is 0.895. The predicted octanol–water partition coefficient (Wildman–Crippen LogP) is 5.82. The molecule has 3 rings (SSSR count). The zero-order valence-corrected chi connectivity index (χ0v) is 24.7. The van der Waals surface area contributed by atoms with Gasteiger partial charge in [-0.1, -0.05) is 60.1 Å². The molecule has 204 valence electrons. The Morgan fingerprint density at radius 2 is 1.58 bits per heavy atom. The Bertz CT molecular complexity index is 1530. The van der Waals surface area contributed by atoms with Crippen molar-refractivity contribution in [1.82, 2.24) is 9.12 Å². The Kier molecular flexibility index (Phi) is 8.02. The summed E-state index contributed by atoms with van der Waals surface area (Å²) < 4.78 is 27.4. The van der Waals surface area contributed by atoms with E-state index in [1.54, 1.807) is 69.5 Å². The monoisotopic (exact) mass is 558 g/mol. The van der Waals surface area contributed by atoms with Crippen molar-refractivity contribution >= 4 is 44.6 Å². The molecule has 0 bridgehead atoms. The van der Waals surface area contributed by atoms with Gasteiger partial charge in [-0.3, -0.25) is 19.1 Å². The molecule has 9 heteroatoms. The molecular weight excluding hydrogens is 524 g/mol. The van der Waals surface area contributed by atoms with Gasteiger partial charge in [0.1, 0.15) is 0 Å². The summed E-state index contributed by atoms with van der Waals surface area (Å²) in [6.07, 6.45) is 2.64. The molecule has 0 radical (unpaired) electrons. The molecule has 0 atom stereocenters. The predicted molar refractivity (Wildman–Crippen MR) is 151 cm³/mol. The third-order valence-electron chi connectivity index (χ3n) is 6.47. The third-order valence-corrected chi connectivity index (χ3v) is 7.28. The number of carbonyl (C=O) groups excluding carboxylic acids is 3. The number of nitrogens with one attached hydrogen (secondary N) is 1. The molecule has 0 saturated heterocycles. The molecule has 0 spiro atoms. The molecule has 0 unspecified atom stereocenters. The van der Waals surface area contributed by atoms with Crippen molar-refractivity contribution in [3.8, 4) is 0 Å². The van der Waals surface area contributed by atoms with Crippen molar-refractivity contribution in [3.63, 3.8) is 0 Å². The first-order valence-corrected chi connectivity index (χ1v) is 14.6. The molecule has 7 nitrogen and oxygen atoms in total. The van der Waals surface area contributed by atoms with Crippen molar-refractivity contribution in [1.29, 1.82) is 0 Å². The average molecular weight is 559 g/mol. The molecule has 0 aliphatic rings. The second kappa shape index (κ2) is 10.3. The fourth-order valence-electron chi connectivity index (χ4n) is 4.30. The van der Waals surface area contributed by atoms with E-state index in [1.165, 1.54) is 0 Å². The third kappa shape index (κ3) is 6.18. The maximum absolute atomic E-state index is 14.0. The highest BCUT2D eigenvalue weighted by Gasteiger charge is 2.38. The quantitative estimate of drug-likeness (QED) is 0.351. The summed E-state index contributed by atoms with van der Waals surface area (Å²) in [6.45, 7) is 12.7. The number of ketones is 2. The highest BCUT2D eigenvalue weighted by Crippen LogP contribution is 2.37. The van der Waals surface area contributed by atoms with Crippen LogP contribution in [-0.4, -0.2) is 36.5 Å². The Hall–Kier alpha value is -2.97. The first kappa shape index (κ1) is 29.6. The van der Waals surface area contributed by atoms with Gasteiger partial charge >= 0.3 is 0 Å². The van der Waals surface area contributed by atoms with E-state index in [1.807, 2.05) is 30.7 Å². The van der Waals surface area contributed by atoms with Crippen LogP contribution in [0.25, 0.3) is 5.52 Å². The molecule has 2 aromatic heterocycles. The highest BCUT2D eigenvalue weighted by atomic mass is 35.5.